The van der Waals surface area contributed by atoms with Crippen LogP contribution in [0.3, 0.4) is 0 Å². The molecule has 3 aromatic heterocycles. The second-order valence-electron chi connectivity index (χ2n) is 6.54. The van der Waals surface area contributed by atoms with E-state index < -0.39 is 0 Å². The van der Waals surface area contributed by atoms with Gasteiger partial charge in [-0.1, -0.05) is 31.4 Å². The van der Waals surface area contributed by atoms with Gasteiger partial charge in [0.25, 0.3) is 0 Å². The first-order valence-electron chi connectivity index (χ1n) is 9.51. The van der Waals surface area contributed by atoms with Gasteiger partial charge in [0.05, 0.1) is 6.26 Å². The molecule has 4 rings (SSSR count). The van der Waals surface area contributed by atoms with Crippen LogP contribution < -0.4 is 5.32 Å². The van der Waals surface area contributed by atoms with Crippen LogP contribution in [-0.2, 0) is 6.54 Å². The van der Waals surface area contributed by atoms with Gasteiger partial charge in [-0.2, -0.15) is 0 Å². The van der Waals surface area contributed by atoms with Gasteiger partial charge in [-0.15, -0.1) is 0 Å². The van der Waals surface area contributed by atoms with Crippen molar-refractivity contribution in [1.29, 1.82) is 0 Å². The largest absolute Gasteiger partial charge is 0.461 e. The zero-order valence-electron chi connectivity index (χ0n) is 16.0. The maximum atomic E-state index is 5.46. The van der Waals surface area contributed by atoms with Crippen LogP contribution in [0.4, 0.5) is 5.82 Å². The van der Waals surface area contributed by atoms with Gasteiger partial charge in [0, 0.05) is 16.5 Å². The van der Waals surface area contributed by atoms with Crippen molar-refractivity contribution in [1.82, 2.24) is 19.9 Å². The molecule has 0 atom stereocenters. The number of aromatic nitrogens is 4. The molecule has 3 heterocycles. The maximum Gasteiger partial charge on any atom is 0.208 e. The number of rotatable bonds is 6. The number of nitrogens with zero attached hydrogens (tertiary/aromatic N) is 3. The quantitative estimate of drug-likeness (QED) is 0.213. The van der Waals surface area contributed by atoms with Crippen LogP contribution in [0.1, 0.15) is 37.6 Å². The molecule has 0 unspecified atom stereocenters. The van der Waals surface area contributed by atoms with E-state index in [0.717, 1.165) is 19.3 Å². The summed E-state index contributed by atoms with van der Waals surface area (Å²) >= 11 is 2.31. The van der Waals surface area contributed by atoms with E-state index in [1.165, 1.54) is 9.13 Å². The minimum absolute atomic E-state index is 0.480. The number of hydrogen-bond donors (Lipinski definition) is 2. The number of fused-ring (bicyclic) bond motifs is 1. The number of imidazole rings is 1. The van der Waals surface area contributed by atoms with Gasteiger partial charge in [-0.3, -0.25) is 0 Å². The number of hydrogen-bond acceptors (Lipinski definition) is 5. The second kappa shape index (κ2) is 9.09. The molecule has 0 bridgehead atoms. The Balaban J connectivity index is 1.69. The van der Waals surface area contributed by atoms with E-state index in [1.54, 1.807) is 6.26 Å². The molecule has 0 aliphatic heterocycles. The molecule has 4 aromatic rings. The smallest absolute Gasteiger partial charge is 0.208 e. The average Bonchev–Trinajstić information content (AvgIpc) is 3.39. The van der Waals surface area contributed by atoms with E-state index in [1.807, 2.05) is 18.2 Å². The summed E-state index contributed by atoms with van der Waals surface area (Å²) in [5, 5.41) is 3.40. The van der Waals surface area contributed by atoms with Gasteiger partial charge in [-0.05, 0) is 64.8 Å². The van der Waals surface area contributed by atoms with Crippen molar-refractivity contribution in [2.45, 2.75) is 32.7 Å². The Morgan fingerprint density at radius 2 is 2.10 bits per heavy atom. The van der Waals surface area contributed by atoms with Crippen molar-refractivity contribution in [3.63, 3.8) is 0 Å². The third-order valence-corrected chi connectivity index (χ3v) is 4.97. The highest BCUT2D eigenvalue weighted by Gasteiger charge is 2.14. The number of halogens is 1. The van der Waals surface area contributed by atoms with Gasteiger partial charge < -0.3 is 14.7 Å². The lowest BCUT2D eigenvalue weighted by Crippen LogP contribution is -2.04. The molecule has 2 N–H and O–H groups in total. The average molecular weight is 497 g/mol. The molecule has 7 heteroatoms. The fourth-order valence-electron chi connectivity index (χ4n) is 2.85. The van der Waals surface area contributed by atoms with Gasteiger partial charge in [-0.25, -0.2) is 15.0 Å². The molecule has 1 aromatic carbocycles. The Kier molecular flexibility index (Phi) is 6.10. The van der Waals surface area contributed by atoms with E-state index in [0.29, 0.717) is 40.9 Å². The maximum absolute atomic E-state index is 5.46. The van der Waals surface area contributed by atoms with Crippen molar-refractivity contribution in [2.24, 2.45) is 0 Å². The first-order chi connectivity index (χ1) is 14.2. The molecule has 0 aliphatic carbocycles. The van der Waals surface area contributed by atoms with Gasteiger partial charge in [0.2, 0.25) is 5.82 Å². The summed E-state index contributed by atoms with van der Waals surface area (Å²) in [6.07, 6.45) is 4.64. The summed E-state index contributed by atoms with van der Waals surface area (Å²) in [6.45, 7) is 2.78. The molecule has 0 amide bonds. The Labute approximate surface area is 182 Å². The highest BCUT2D eigenvalue weighted by molar-refractivity contribution is 14.1. The van der Waals surface area contributed by atoms with Crippen molar-refractivity contribution in [2.75, 3.05) is 5.32 Å². The number of nitrogens with one attached hydrogen (secondary N) is 2. The van der Waals surface area contributed by atoms with Crippen molar-refractivity contribution < 1.29 is 4.42 Å². The third-order valence-electron chi connectivity index (χ3n) is 4.30. The number of unbranched alkanes of at least 4 members (excludes halogenated alkanes) is 2. The fourth-order valence-corrected chi connectivity index (χ4v) is 3.46. The summed E-state index contributed by atoms with van der Waals surface area (Å²) in [6, 6.07) is 12.0. The molecule has 0 aliphatic rings. The number of aromatic amines is 1. The highest BCUT2D eigenvalue weighted by Crippen LogP contribution is 2.24. The molecule has 0 saturated heterocycles. The SMILES string of the molecule is CCCCC#Cc1nc(NCc2cccc(I)c2)c2nc(-c3ccco3)[nH]c2n1. The molecule has 0 fully saturated rings. The molecule has 0 spiro atoms. The van der Waals surface area contributed by atoms with Gasteiger partial charge >= 0.3 is 0 Å². The summed E-state index contributed by atoms with van der Waals surface area (Å²) < 4.78 is 6.65. The summed E-state index contributed by atoms with van der Waals surface area (Å²) in [5.41, 5.74) is 2.47. The molecule has 29 heavy (non-hydrogen) atoms. The van der Waals surface area contributed by atoms with Crippen LogP contribution in [0.2, 0.25) is 0 Å². The van der Waals surface area contributed by atoms with Crippen LogP contribution in [0.25, 0.3) is 22.7 Å². The highest BCUT2D eigenvalue weighted by atomic mass is 127. The van der Waals surface area contributed by atoms with Crippen LogP contribution in [0, 0.1) is 15.4 Å². The number of furan rings is 1. The molecular weight excluding hydrogens is 477 g/mol. The van der Waals surface area contributed by atoms with Crippen molar-refractivity contribution >= 4 is 39.6 Å². The van der Waals surface area contributed by atoms with E-state index in [9.17, 15) is 0 Å². The van der Waals surface area contributed by atoms with Crippen LogP contribution in [0.15, 0.2) is 47.1 Å². The van der Waals surface area contributed by atoms with Crippen LogP contribution in [0.5, 0.6) is 0 Å². The lowest BCUT2D eigenvalue weighted by atomic mass is 10.2. The molecule has 0 saturated carbocycles. The second-order valence-corrected chi connectivity index (χ2v) is 7.79. The minimum atomic E-state index is 0.480. The lowest BCUT2D eigenvalue weighted by molar-refractivity contribution is 0.578. The molecule has 146 valence electrons. The van der Waals surface area contributed by atoms with Crippen molar-refractivity contribution in [3.8, 4) is 23.4 Å². The number of anilines is 1. The third kappa shape index (κ3) is 4.77. The zero-order chi connectivity index (χ0) is 20.1. The van der Waals surface area contributed by atoms with E-state index in [-0.39, 0.29) is 0 Å². The van der Waals surface area contributed by atoms with Gasteiger partial charge in [0.15, 0.2) is 28.6 Å². The summed E-state index contributed by atoms with van der Waals surface area (Å²) in [4.78, 5) is 17.0. The fraction of sp³-hybridized carbons (Fsp3) is 0.227. The molecule has 0 radical (unpaired) electrons. The molecular formula is C22H20IN5O. The van der Waals surface area contributed by atoms with Gasteiger partial charge in [0.1, 0.15) is 0 Å². The van der Waals surface area contributed by atoms with E-state index >= 15 is 0 Å². The summed E-state index contributed by atoms with van der Waals surface area (Å²) in [5.74, 6) is 8.64. The topological polar surface area (TPSA) is 79.6 Å². The standard InChI is InChI=1S/C22H20IN5O/c1-2-3-4-5-11-18-25-21(24-14-15-8-6-9-16(23)13-15)19-22(26-18)28-20(27-19)17-10-7-12-29-17/h6-10,12-13H,2-4,14H2,1H3,(H2,24,25,26,27,28). The Morgan fingerprint density at radius 1 is 1.17 bits per heavy atom. The molecule has 6 nitrogen and oxygen atoms in total. The van der Waals surface area contributed by atoms with Crippen molar-refractivity contribution in [3.05, 3.63) is 57.6 Å². The number of H-pyrrole nitrogens is 1. The lowest BCUT2D eigenvalue weighted by Gasteiger charge is -2.07. The Hall–Kier alpha value is -2.86. The van der Waals surface area contributed by atoms with Crippen LogP contribution >= 0.6 is 22.6 Å². The first kappa shape index (κ1) is 19.5. The van der Waals surface area contributed by atoms with E-state index in [4.69, 9.17) is 4.42 Å². The Morgan fingerprint density at radius 3 is 2.90 bits per heavy atom. The predicted octanol–water partition coefficient (Wildman–Crippen LogP) is 5.37. The monoisotopic (exact) mass is 497 g/mol. The first-order valence-corrected chi connectivity index (χ1v) is 10.6. The Bertz CT molecular complexity index is 1170. The number of benzene rings is 1. The van der Waals surface area contributed by atoms with Crippen LogP contribution in [-0.4, -0.2) is 19.9 Å². The zero-order valence-corrected chi connectivity index (χ0v) is 18.2. The normalized spacial score (nSPS) is 10.7. The van der Waals surface area contributed by atoms with E-state index in [2.05, 4.69) is 84.8 Å². The minimum Gasteiger partial charge on any atom is -0.461 e. The summed E-state index contributed by atoms with van der Waals surface area (Å²) in [7, 11) is 0. The predicted molar refractivity (Wildman–Crippen MR) is 122 cm³/mol.